The fourth-order valence-corrected chi connectivity index (χ4v) is 2.12. The molecule has 0 aromatic heterocycles. The monoisotopic (exact) mass is 269 g/mol. The van der Waals surface area contributed by atoms with Crippen LogP contribution in [-0.2, 0) is 4.79 Å². The minimum Gasteiger partial charge on any atom is -0.396 e. The van der Waals surface area contributed by atoms with Crippen molar-refractivity contribution in [1.29, 1.82) is 0 Å². The van der Waals surface area contributed by atoms with Crippen molar-refractivity contribution >= 4 is 22.8 Å². The van der Waals surface area contributed by atoms with Gasteiger partial charge in [-0.2, -0.15) is 0 Å². The Morgan fingerprint density at radius 2 is 2.00 bits per heavy atom. The average molecular weight is 269 g/mol. The van der Waals surface area contributed by atoms with Gasteiger partial charge in [-0.25, -0.2) is 0 Å². The third-order valence-corrected chi connectivity index (χ3v) is 3.19. The number of hydrogen-bond donors (Lipinski definition) is 2. The Hall–Kier alpha value is -2.13. The van der Waals surface area contributed by atoms with E-state index in [4.69, 9.17) is 5.11 Å². The molecule has 2 aromatic carbocycles. The summed E-state index contributed by atoms with van der Waals surface area (Å²) in [6.45, 7) is 1.95. The predicted octanol–water partition coefficient (Wildman–Crippen LogP) is 2.74. The number of nitrogens with one attached hydrogen (secondary N) is 1. The Morgan fingerprint density at radius 1 is 1.25 bits per heavy atom. The summed E-state index contributed by atoms with van der Waals surface area (Å²) in [5.41, 5.74) is 1.02. The van der Waals surface area contributed by atoms with Gasteiger partial charge in [-0.3, -0.25) is 4.79 Å². The molecular weight excluding hydrogens is 250 g/mol. The molecule has 2 N–H and O–H groups in total. The van der Waals surface area contributed by atoms with E-state index in [0.29, 0.717) is 6.42 Å². The second-order valence-electron chi connectivity index (χ2n) is 4.82. The molecule has 104 valence electrons. The maximum absolute atomic E-state index is 11.8. The number of carbonyl (C=O) groups excluding carboxylic acids is 1. The van der Waals surface area contributed by atoms with E-state index in [9.17, 15) is 4.79 Å². The molecule has 0 spiro atoms. The van der Waals surface area contributed by atoms with Gasteiger partial charge in [-0.15, -0.1) is 0 Å². The molecule has 0 saturated carbocycles. The molecular formula is C17H19NO2. The predicted molar refractivity (Wildman–Crippen MR) is 82.3 cm³/mol. The van der Waals surface area contributed by atoms with Crippen LogP contribution in [0.3, 0.4) is 0 Å². The number of carbonyl (C=O) groups is 1. The standard InChI is InChI=1S/C17H19NO2/c1-13(11-12-19)18-17(20)10-9-15-7-4-6-14-5-2-3-8-16(14)15/h2-10,13,19H,11-12H2,1H3,(H,18,20)/b10-9+. The van der Waals surface area contributed by atoms with E-state index in [1.807, 2.05) is 43.3 Å². The quantitative estimate of drug-likeness (QED) is 0.820. The van der Waals surface area contributed by atoms with Gasteiger partial charge in [-0.1, -0.05) is 42.5 Å². The van der Waals surface area contributed by atoms with Crippen molar-refractivity contribution in [3.8, 4) is 0 Å². The van der Waals surface area contributed by atoms with Crippen LogP contribution in [0.5, 0.6) is 0 Å². The number of amides is 1. The third kappa shape index (κ3) is 3.68. The summed E-state index contributed by atoms with van der Waals surface area (Å²) in [5, 5.41) is 13.9. The van der Waals surface area contributed by atoms with Gasteiger partial charge in [0.05, 0.1) is 0 Å². The molecule has 20 heavy (non-hydrogen) atoms. The molecule has 3 nitrogen and oxygen atoms in total. The highest BCUT2D eigenvalue weighted by atomic mass is 16.3. The Bertz CT molecular complexity index is 614. The molecule has 0 saturated heterocycles. The maximum Gasteiger partial charge on any atom is 0.244 e. The summed E-state index contributed by atoms with van der Waals surface area (Å²) >= 11 is 0. The number of hydrogen-bond acceptors (Lipinski definition) is 2. The molecule has 0 aliphatic rings. The minimum atomic E-state index is -0.140. The van der Waals surface area contributed by atoms with Crippen molar-refractivity contribution in [2.75, 3.05) is 6.61 Å². The molecule has 1 unspecified atom stereocenters. The lowest BCUT2D eigenvalue weighted by Gasteiger charge is -2.10. The Morgan fingerprint density at radius 3 is 2.80 bits per heavy atom. The van der Waals surface area contributed by atoms with E-state index in [1.54, 1.807) is 0 Å². The molecule has 0 fully saturated rings. The SMILES string of the molecule is CC(CCO)NC(=O)/C=C/c1cccc2ccccc12. The van der Waals surface area contributed by atoms with Crippen LogP contribution in [0.1, 0.15) is 18.9 Å². The first kappa shape index (κ1) is 14.3. The number of aliphatic hydroxyl groups is 1. The van der Waals surface area contributed by atoms with Gasteiger partial charge in [0.1, 0.15) is 0 Å². The van der Waals surface area contributed by atoms with Gasteiger partial charge in [-0.05, 0) is 35.8 Å². The number of benzene rings is 2. The van der Waals surface area contributed by atoms with Crippen LogP contribution < -0.4 is 5.32 Å². The summed E-state index contributed by atoms with van der Waals surface area (Å²) in [5.74, 6) is -0.140. The summed E-state index contributed by atoms with van der Waals surface area (Å²) in [6.07, 6.45) is 3.92. The topological polar surface area (TPSA) is 49.3 Å². The molecule has 0 heterocycles. The van der Waals surface area contributed by atoms with Gasteiger partial charge < -0.3 is 10.4 Å². The van der Waals surface area contributed by atoms with E-state index < -0.39 is 0 Å². The van der Waals surface area contributed by atoms with Crippen LogP contribution in [0, 0.1) is 0 Å². The Labute approximate surface area is 118 Å². The summed E-state index contributed by atoms with van der Waals surface area (Å²) < 4.78 is 0. The Balaban J connectivity index is 2.12. The van der Waals surface area contributed by atoms with Gasteiger partial charge in [0, 0.05) is 18.7 Å². The van der Waals surface area contributed by atoms with Crippen molar-refractivity contribution in [3.63, 3.8) is 0 Å². The van der Waals surface area contributed by atoms with Crippen LogP contribution in [0.4, 0.5) is 0 Å². The lowest BCUT2D eigenvalue weighted by atomic mass is 10.0. The van der Waals surface area contributed by atoms with Crippen molar-refractivity contribution in [2.45, 2.75) is 19.4 Å². The number of fused-ring (bicyclic) bond motifs is 1. The van der Waals surface area contributed by atoms with Crippen LogP contribution in [0.25, 0.3) is 16.8 Å². The lowest BCUT2D eigenvalue weighted by molar-refractivity contribution is -0.117. The number of rotatable bonds is 5. The molecule has 0 bridgehead atoms. The molecule has 2 aromatic rings. The summed E-state index contributed by atoms with van der Waals surface area (Å²) in [4.78, 5) is 11.8. The molecule has 2 rings (SSSR count). The highest BCUT2D eigenvalue weighted by molar-refractivity contribution is 5.96. The fourth-order valence-electron chi connectivity index (χ4n) is 2.12. The maximum atomic E-state index is 11.8. The van der Waals surface area contributed by atoms with E-state index in [1.165, 1.54) is 6.08 Å². The molecule has 1 amide bonds. The molecule has 1 atom stereocenters. The Kier molecular flexibility index (Phi) is 4.91. The van der Waals surface area contributed by atoms with Crippen molar-refractivity contribution in [3.05, 3.63) is 54.1 Å². The van der Waals surface area contributed by atoms with Crippen molar-refractivity contribution in [2.24, 2.45) is 0 Å². The van der Waals surface area contributed by atoms with E-state index in [-0.39, 0.29) is 18.6 Å². The second kappa shape index (κ2) is 6.87. The first-order valence-corrected chi connectivity index (χ1v) is 6.78. The largest absolute Gasteiger partial charge is 0.396 e. The van der Waals surface area contributed by atoms with Crippen LogP contribution in [-0.4, -0.2) is 23.7 Å². The smallest absolute Gasteiger partial charge is 0.244 e. The van der Waals surface area contributed by atoms with E-state index >= 15 is 0 Å². The van der Waals surface area contributed by atoms with Crippen LogP contribution in [0.15, 0.2) is 48.5 Å². The highest BCUT2D eigenvalue weighted by Crippen LogP contribution is 2.19. The molecule has 0 radical (unpaired) electrons. The lowest BCUT2D eigenvalue weighted by Crippen LogP contribution is -2.31. The van der Waals surface area contributed by atoms with Crippen LogP contribution in [0.2, 0.25) is 0 Å². The zero-order valence-electron chi connectivity index (χ0n) is 11.5. The summed E-state index contributed by atoms with van der Waals surface area (Å²) in [6, 6.07) is 14.1. The van der Waals surface area contributed by atoms with E-state index in [0.717, 1.165) is 16.3 Å². The van der Waals surface area contributed by atoms with Gasteiger partial charge in [0.15, 0.2) is 0 Å². The zero-order valence-corrected chi connectivity index (χ0v) is 11.5. The first-order valence-electron chi connectivity index (χ1n) is 6.78. The van der Waals surface area contributed by atoms with Crippen molar-refractivity contribution in [1.82, 2.24) is 5.32 Å². The summed E-state index contributed by atoms with van der Waals surface area (Å²) in [7, 11) is 0. The van der Waals surface area contributed by atoms with Gasteiger partial charge in [0.25, 0.3) is 0 Å². The second-order valence-corrected chi connectivity index (χ2v) is 4.82. The highest BCUT2D eigenvalue weighted by Gasteiger charge is 2.03. The van der Waals surface area contributed by atoms with Gasteiger partial charge in [0.2, 0.25) is 5.91 Å². The fraction of sp³-hybridized carbons (Fsp3) is 0.235. The van der Waals surface area contributed by atoms with Gasteiger partial charge >= 0.3 is 0 Å². The molecule has 3 heteroatoms. The number of aliphatic hydroxyl groups excluding tert-OH is 1. The third-order valence-electron chi connectivity index (χ3n) is 3.19. The average Bonchev–Trinajstić information content (AvgIpc) is 2.45. The first-order chi connectivity index (χ1) is 9.70. The molecule has 0 aliphatic heterocycles. The minimum absolute atomic E-state index is 0.0235. The van der Waals surface area contributed by atoms with Crippen LogP contribution >= 0.6 is 0 Å². The zero-order chi connectivity index (χ0) is 14.4. The van der Waals surface area contributed by atoms with Crippen molar-refractivity contribution < 1.29 is 9.90 Å². The van der Waals surface area contributed by atoms with E-state index in [2.05, 4.69) is 17.4 Å². The normalized spacial score (nSPS) is 12.7. The molecule has 0 aliphatic carbocycles.